The molecule has 0 spiro atoms. The highest BCUT2D eigenvalue weighted by Crippen LogP contribution is 2.15. The first-order valence-electron chi connectivity index (χ1n) is 8.82. The quantitative estimate of drug-likeness (QED) is 0.861. The van der Waals surface area contributed by atoms with E-state index in [1.54, 1.807) is 0 Å². The minimum absolute atomic E-state index is 0.238. The summed E-state index contributed by atoms with van der Waals surface area (Å²) in [6, 6.07) is 16.3. The minimum Gasteiger partial charge on any atom is -0.407 e. The van der Waals surface area contributed by atoms with Gasteiger partial charge in [0.05, 0.1) is 0 Å². The van der Waals surface area contributed by atoms with Gasteiger partial charge in [0.2, 0.25) is 0 Å². The maximum atomic E-state index is 5.63. The Morgan fingerprint density at radius 2 is 0.920 bits per heavy atom. The Labute approximate surface area is 148 Å². The zero-order valence-corrected chi connectivity index (χ0v) is 14.1. The van der Waals surface area contributed by atoms with Gasteiger partial charge in [-0.05, 0) is 48.0 Å². The van der Waals surface area contributed by atoms with Crippen molar-refractivity contribution in [3.05, 3.63) is 48.5 Å². The molecule has 2 aromatic rings. The van der Waals surface area contributed by atoms with E-state index in [0.29, 0.717) is 0 Å². The van der Waals surface area contributed by atoms with Crippen molar-refractivity contribution in [1.82, 2.24) is 0 Å². The fourth-order valence-electron chi connectivity index (χ4n) is 2.97. The van der Waals surface area contributed by atoms with Gasteiger partial charge in [0.25, 0.3) is 0 Å². The molecule has 2 aromatic carbocycles. The molecule has 4 rings (SSSR count). The monoisotopic (exact) mass is 337 g/mol. The summed E-state index contributed by atoms with van der Waals surface area (Å²) in [6.45, 7) is 3.02. The zero-order valence-electron chi connectivity index (χ0n) is 14.1. The fraction of sp³-hybridized carbons (Fsp3) is 0.333. The Hall–Kier alpha value is -1.79. The van der Waals surface area contributed by atoms with E-state index >= 15 is 0 Å². The van der Waals surface area contributed by atoms with Crippen molar-refractivity contribution in [2.24, 2.45) is 0 Å². The Bertz CT molecular complexity index is 609. The molecule has 0 aromatic heterocycles. The SMILES string of the molecule is c1cc(B2OCCCO2)ccc1Nc1ccc(B2OCCCO2)cc1. The van der Waals surface area contributed by atoms with Crippen molar-refractivity contribution in [2.45, 2.75) is 12.8 Å². The van der Waals surface area contributed by atoms with Gasteiger partial charge < -0.3 is 23.9 Å². The maximum absolute atomic E-state index is 5.63. The van der Waals surface area contributed by atoms with Crippen LogP contribution in [0.2, 0.25) is 0 Å². The van der Waals surface area contributed by atoms with Crippen molar-refractivity contribution in [1.29, 1.82) is 0 Å². The third-order valence-corrected chi connectivity index (χ3v) is 4.31. The van der Waals surface area contributed by atoms with Crippen LogP contribution < -0.4 is 16.2 Å². The summed E-state index contributed by atoms with van der Waals surface area (Å²) in [5.74, 6) is 0. The highest BCUT2D eigenvalue weighted by molar-refractivity contribution is 6.61. The second-order valence-electron chi connectivity index (χ2n) is 6.22. The number of hydrogen-bond donors (Lipinski definition) is 1. The lowest BCUT2D eigenvalue weighted by Gasteiger charge is -2.20. The van der Waals surface area contributed by atoms with Crippen LogP contribution in [0.5, 0.6) is 0 Å². The first-order chi connectivity index (χ1) is 12.4. The molecule has 0 unspecified atom stereocenters. The molecule has 0 aliphatic carbocycles. The van der Waals surface area contributed by atoms with Crippen LogP contribution in [-0.2, 0) is 18.6 Å². The summed E-state index contributed by atoms with van der Waals surface area (Å²) >= 11 is 0. The fourth-order valence-corrected chi connectivity index (χ4v) is 2.97. The van der Waals surface area contributed by atoms with Crippen molar-refractivity contribution in [2.75, 3.05) is 31.7 Å². The Morgan fingerprint density at radius 3 is 1.28 bits per heavy atom. The van der Waals surface area contributed by atoms with Gasteiger partial charge in [0.1, 0.15) is 0 Å². The van der Waals surface area contributed by atoms with E-state index in [9.17, 15) is 0 Å². The molecule has 128 valence electrons. The molecule has 2 aliphatic heterocycles. The molecule has 0 atom stereocenters. The van der Waals surface area contributed by atoms with Crippen molar-refractivity contribution >= 4 is 36.5 Å². The van der Waals surface area contributed by atoms with Gasteiger partial charge in [-0.15, -0.1) is 0 Å². The van der Waals surface area contributed by atoms with Crippen LogP contribution in [0.15, 0.2) is 48.5 Å². The molecule has 0 radical (unpaired) electrons. The van der Waals surface area contributed by atoms with Gasteiger partial charge in [0, 0.05) is 37.8 Å². The van der Waals surface area contributed by atoms with E-state index in [2.05, 4.69) is 5.32 Å². The van der Waals surface area contributed by atoms with E-state index in [1.165, 1.54) is 0 Å². The van der Waals surface area contributed by atoms with Gasteiger partial charge in [-0.1, -0.05) is 24.3 Å². The maximum Gasteiger partial charge on any atom is 0.493 e. The number of hydrogen-bond acceptors (Lipinski definition) is 5. The molecule has 1 N–H and O–H groups in total. The smallest absolute Gasteiger partial charge is 0.407 e. The van der Waals surface area contributed by atoms with Crippen molar-refractivity contribution < 1.29 is 18.6 Å². The van der Waals surface area contributed by atoms with Gasteiger partial charge >= 0.3 is 14.2 Å². The predicted octanol–water partition coefficient (Wildman–Crippen LogP) is 1.69. The molecule has 5 nitrogen and oxygen atoms in total. The molecule has 0 bridgehead atoms. The van der Waals surface area contributed by atoms with E-state index < -0.39 is 0 Å². The standard InChI is InChI=1S/C18H21B2NO4/c1-11-22-19(23-12-1)15-3-7-17(8-4-15)21-18-9-5-16(6-10-18)20-24-13-2-14-25-20/h3-10,21H,1-2,11-14H2. The van der Waals surface area contributed by atoms with Crippen LogP contribution in [0.4, 0.5) is 11.4 Å². The Balaban J connectivity index is 1.38. The van der Waals surface area contributed by atoms with Gasteiger partial charge in [-0.2, -0.15) is 0 Å². The summed E-state index contributed by atoms with van der Waals surface area (Å²) in [4.78, 5) is 0. The number of anilines is 2. The molecule has 0 amide bonds. The zero-order chi connectivity index (χ0) is 16.9. The minimum atomic E-state index is -0.238. The average molecular weight is 337 g/mol. The highest BCUT2D eigenvalue weighted by atomic mass is 16.6. The molecule has 0 saturated carbocycles. The third kappa shape index (κ3) is 4.25. The number of nitrogens with one attached hydrogen (secondary N) is 1. The topological polar surface area (TPSA) is 49.0 Å². The molecular formula is C18H21B2NO4. The normalized spacial score (nSPS) is 18.2. The molecule has 2 heterocycles. The van der Waals surface area contributed by atoms with Crippen LogP contribution >= 0.6 is 0 Å². The lowest BCUT2D eigenvalue weighted by molar-refractivity contribution is 0.143. The Morgan fingerprint density at radius 1 is 0.560 bits per heavy atom. The van der Waals surface area contributed by atoms with Gasteiger partial charge in [0.15, 0.2) is 0 Å². The second-order valence-corrected chi connectivity index (χ2v) is 6.22. The van der Waals surface area contributed by atoms with E-state index in [1.807, 2.05) is 48.5 Å². The first-order valence-corrected chi connectivity index (χ1v) is 8.82. The van der Waals surface area contributed by atoms with Crippen LogP contribution in [0, 0.1) is 0 Å². The van der Waals surface area contributed by atoms with Crippen LogP contribution in [-0.4, -0.2) is 40.7 Å². The lowest BCUT2D eigenvalue weighted by atomic mass is 9.78. The first kappa shape index (κ1) is 16.7. The van der Waals surface area contributed by atoms with Crippen molar-refractivity contribution in [3.8, 4) is 0 Å². The summed E-state index contributed by atoms with van der Waals surface area (Å²) in [5.41, 5.74) is 4.15. The Kier molecular flexibility index (Phi) is 5.37. The second kappa shape index (κ2) is 8.06. The summed E-state index contributed by atoms with van der Waals surface area (Å²) in [6.07, 6.45) is 1.92. The lowest BCUT2D eigenvalue weighted by Crippen LogP contribution is -2.40. The van der Waals surface area contributed by atoms with Gasteiger partial charge in [-0.25, -0.2) is 0 Å². The third-order valence-electron chi connectivity index (χ3n) is 4.31. The van der Waals surface area contributed by atoms with Gasteiger partial charge in [-0.3, -0.25) is 0 Å². The van der Waals surface area contributed by atoms with E-state index in [-0.39, 0.29) is 14.2 Å². The molecular weight excluding hydrogens is 316 g/mol. The largest absolute Gasteiger partial charge is 0.493 e. The predicted molar refractivity (Wildman–Crippen MR) is 100.0 cm³/mol. The van der Waals surface area contributed by atoms with E-state index in [0.717, 1.165) is 61.6 Å². The molecule has 7 heteroatoms. The summed E-state index contributed by atoms with van der Waals surface area (Å²) < 4.78 is 22.5. The average Bonchev–Trinajstić information content (AvgIpc) is 2.71. The molecule has 2 aliphatic rings. The number of rotatable bonds is 4. The molecule has 25 heavy (non-hydrogen) atoms. The van der Waals surface area contributed by atoms with Crippen LogP contribution in [0.3, 0.4) is 0 Å². The summed E-state index contributed by atoms with van der Waals surface area (Å²) in [5, 5.41) is 3.40. The van der Waals surface area contributed by atoms with Crippen molar-refractivity contribution in [3.63, 3.8) is 0 Å². The molecule has 2 saturated heterocycles. The number of benzene rings is 2. The molecule has 2 fully saturated rings. The van der Waals surface area contributed by atoms with Crippen LogP contribution in [0.1, 0.15) is 12.8 Å². The summed E-state index contributed by atoms with van der Waals surface area (Å²) in [7, 11) is -0.477. The highest BCUT2D eigenvalue weighted by Gasteiger charge is 2.25. The van der Waals surface area contributed by atoms with Crippen LogP contribution in [0.25, 0.3) is 0 Å². The van der Waals surface area contributed by atoms with E-state index in [4.69, 9.17) is 18.6 Å².